The fourth-order valence-corrected chi connectivity index (χ4v) is 3.33. The molecule has 1 amide bonds. The molecule has 2 aromatic heterocycles. The van der Waals surface area contributed by atoms with E-state index in [1.807, 2.05) is 6.92 Å². The highest BCUT2D eigenvalue weighted by Gasteiger charge is 2.11. The third-order valence-electron chi connectivity index (χ3n) is 3.75. The van der Waals surface area contributed by atoms with Crippen molar-refractivity contribution in [1.82, 2.24) is 20.1 Å². The molecule has 6 heteroatoms. The molecule has 1 aromatic carbocycles. The van der Waals surface area contributed by atoms with Crippen LogP contribution in [0.25, 0.3) is 10.6 Å². The Morgan fingerprint density at radius 2 is 2.00 bits per heavy atom. The second-order valence-corrected chi connectivity index (χ2v) is 6.67. The molecule has 0 aliphatic heterocycles. The average Bonchev–Trinajstić information content (AvgIpc) is 3.14. The topological polar surface area (TPSA) is 59.8 Å². The van der Waals surface area contributed by atoms with Crippen LogP contribution in [0.15, 0.2) is 35.7 Å². The van der Waals surface area contributed by atoms with Gasteiger partial charge in [0.1, 0.15) is 10.7 Å². The van der Waals surface area contributed by atoms with Gasteiger partial charge in [0.15, 0.2) is 0 Å². The van der Waals surface area contributed by atoms with Gasteiger partial charge < -0.3 is 5.32 Å². The molecule has 0 radical (unpaired) electrons. The number of carbonyl (C=O) groups is 1. The smallest absolute Gasteiger partial charge is 0.269 e. The van der Waals surface area contributed by atoms with Crippen LogP contribution >= 0.6 is 11.3 Å². The Labute approximate surface area is 145 Å². The first-order chi connectivity index (χ1) is 11.5. The third-order valence-corrected chi connectivity index (χ3v) is 4.69. The number of aryl methyl sites for hydroxylation is 3. The number of hydrogen-bond donors (Lipinski definition) is 1. The van der Waals surface area contributed by atoms with E-state index in [1.54, 1.807) is 29.1 Å². The van der Waals surface area contributed by atoms with Crippen LogP contribution < -0.4 is 5.32 Å². The Balaban J connectivity index is 1.57. The zero-order chi connectivity index (χ0) is 17.1. The van der Waals surface area contributed by atoms with Crippen LogP contribution in [0.3, 0.4) is 0 Å². The predicted octanol–water partition coefficient (Wildman–Crippen LogP) is 3.13. The molecule has 24 heavy (non-hydrogen) atoms. The molecule has 0 aliphatic carbocycles. The highest BCUT2D eigenvalue weighted by molar-refractivity contribution is 7.13. The summed E-state index contributed by atoms with van der Waals surface area (Å²) in [6.07, 6.45) is 0.713. The second kappa shape index (κ2) is 6.97. The molecule has 0 saturated heterocycles. The van der Waals surface area contributed by atoms with E-state index >= 15 is 0 Å². The van der Waals surface area contributed by atoms with Crippen LogP contribution in [0, 0.1) is 13.8 Å². The maximum Gasteiger partial charge on any atom is 0.269 e. The molecule has 0 spiro atoms. The summed E-state index contributed by atoms with van der Waals surface area (Å²) in [6.45, 7) is 4.50. The Bertz CT molecular complexity index is 848. The third kappa shape index (κ3) is 3.71. The van der Waals surface area contributed by atoms with E-state index < -0.39 is 0 Å². The minimum atomic E-state index is -0.105. The predicted molar refractivity (Wildman–Crippen MR) is 96.3 cm³/mol. The van der Waals surface area contributed by atoms with Crippen molar-refractivity contribution in [3.63, 3.8) is 0 Å². The number of thiazole rings is 1. The lowest BCUT2D eigenvalue weighted by molar-refractivity contribution is 0.0944. The van der Waals surface area contributed by atoms with Crippen molar-refractivity contribution in [3.8, 4) is 10.6 Å². The van der Waals surface area contributed by atoms with Crippen molar-refractivity contribution in [3.05, 3.63) is 58.4 Å². The maximum absolute atomic E-state index is 12.1. The van der Waals surface area contributed by atoms with Gasteiger partial charge in [-0.25, -0.2) is 4.98 Å². The summed E-state index contributed by atoms with van der Waals surface area (Å²) >= 11 is 1.63. The van der Waals surface area contributed by atoms with Crippen molar-refractivity contribution in [1.29, 1.82) is 0 Å². The number of amides is 1. The van der Waals surface area contributed by atoms with Crippen molar-refractivity contribution < 1.29 is 4.79 Å². The minimum absolute atomic E-state index is 0.105. The normalized spacial score (nSPS) is 10.8. The van der Waals surface area contributed by atoms with Gasteiger partial charge in [-0.3, -0.25) is 9.48 Å². The molecule has 0 aliphatic rings. The Morgan fingerprint density at radius 1 is 1.25 bits per heavy atom. The summed E-state index contributed by atoms with van der Waals surface area (Å²) in [5, 5.41) is 10.2. The highest BCUT2D eigenvalue weighted by Crippen LogP contribution is 2.24. The molecule has 124 valence electrons. The van der Waals surface area contributed by atoms with Gasteiger partial charge >= 0.3 is 0 Å². The van der Waals surface area contributed by atoms with Crippen LogP contribution in [0.1, 0.15) is 27.4 Å². The number of benzene rings is 1. The molecule has 3 rings (SSSR count). The fraction of sp³-hybridized carbons (Fsp3) is 0.278. The quantitative estimate of drug-likeness (QED) is 0.776. The first-order valence-corrected chi connectivity index (χ1v) is 8.71. The van der Waals surface area contributed by atoms with Crippen LogP contribution in [0.5, 0.6) is 0 Å². The summed E-state index contributed by atoms with van der Waals surface area (Å²) < 4.78 is 1.60. The number of rotatable bonds is 5. The van der Waals surface area contributed by atoms with Crippen LogP contribution in [-0.2, 0) is 13.5 Å². The first kappa shape index (κ1) is 16.4. The van der Waals surface area contributed by atoms with Gasteiger partial charge in [0.05, 0.1) is 11.4 Å². The summed E-state index contributed by atoms with van der Waals surface area (Å²) in [5.41, 5.74) is 4.78. The van der Waals surface area contributed by atoms with E-state index in [9.17, 15) is 4.79 Å². The van der Waals surface area contributed by atoms with Gasteiger partial charge in [0.25, 0.3) is 5.91 Å². The highest BCUT2D eigenvalue weighted by atomic mass is 32.1. The van der Waals surface area contributed by atoms with Crippen molar-refractivity contribution in [2.75, 3.05) is 6.54 Å². The standard InChI is InChI=1S/C18H20N4OS/c1-12-4-6-14(7-5-12)18-20-15(11-24-18)8-9-19-17(23)16-10-13(2)21-22(16)3/h4-7,10-11H,8-9H2,1-3H3,(H,19,23). The number of hydrogen-bond acceptors (Lipinski definition) is 4. The zero-order valence-electron chi connectivity index (χ0n) is 14.0. The number of carbonyl (C=O) groups excluding carboxylic acids is 1. The maximum atomic E-state index is 12.1. The molecule has 0 atom stereocenters. The molecule has 3 aromatic rings. The molecule has 0 bridgehead atoms. The molecular weight excluding hydrogens is 320 g/mol. The molecule has 0 fully saturated rings. The summed E-state index contributed by atoms with van der Waals surface area (Å²) in [6, 6.07) is 10.1. The lowest BCUT2D eigenvalue weighted by Gasteiger charge is -2.04. The van der Waals surface area contributed by atoms with Gasteiger partial charge in [-0.05, 0) is 19.9 Å². The summed E-state index contributed by atoms with van der Waals surface area (Å²) in [4.78, 5) is 16.8. The Morgan fingerprint density at radius 3 is 2.67 bits per heavy atom. The van der Waals surface area contributed by atoms with Gasteiger partial charge in [-0.2, -0.15) is 5.10 Å². The van der Waals surface area contributed by atoms with E-state index in [2.05, 4.69) is 52.0 Å². The zero-order valence-corrected chi connectivity index (χ0v) is 14.9. The monoisotopic (exact) mass is 340 g/mol. The number of nitrogens with zero attached hydrogens (tertiary/aromatic N) is 3. The van der Waals surface area contributed by atoms with Gasteiger partial charge in [-0.1, -0.05) is 29.8 Å². The number of nitrogens with one attached hydrogen (secondary N) is 1. The molecule has 0 unspecified atom stereocenters. The molecule has 1 N–H and O–H groups in total. The van der Waals surface area contributed by atoms with Crippen molar-refractivity contribution >= 4 is 17.2 Å². The summed E-state index contributed by atoms with van der Waals surface area (Å²) in [7, 11) is 1.77. The van der Waals surface area contributed by atoms with E-state index in [0.29, 0.717) is 18.7 Å². The van der Waals surface area contributed by atoms with Crippen LogP contribution in [0.2, 0.25) is 0 Å². The largest absolute Gasteiger partial charge is 0.350 e. The van der Waals surface area contributed by atoms with Gasteiger partial charge in [0.2, 0.25) is 0 Å². The van der Waals surface area contributed by atoms with Gasteiger partial charge in [-0.15, -0.1) is 11.3 Å². The van der Waals surface area contributed by atoms with E-state index in [4.69, 9.17) is 0 Å². The molecule has 2 heterocycles. The van der Waals surface area contributed by atoms with E-state index in [0.717, 1.165) is 22.0 Å². The van der Waals surface area contributed by atoms with Crippen LogP contribution in [-0.4, -0.2) is 27.2 Å². The Hall–Kier alpha value is -2.47. The number of aromatic nitrogens is 3. The fourth-order valence-electron chi connectivity index (χ4n) is 2.47. The molecule has 5 nitrogen and oxygen atoms in total. The Kier molecular flexibility index (Phi) is 4.76. The minimum Gasteiger partial charge on any atom is -0.350 e. The second-order valence-electron chi connectivity index (χ2n) is 5.81. The summed E-state index contributed by atoms with van der Waals surface area (Å²) in [5.74, 6) is -0.105. The molecule has 0 saturated carbocycles. The lowest BCUT2D eigenvalue weighted by Crippen LogP contribution is -2.27. The van der Waals surface area contributed by atoms with E-state index in [1.165, 1.54) is 5.56 Å². The first-order valence-electron chi connectivity index (χ1n) is 7.83. The van der Waals surface area contributed by atoms with Gasteiger partial charge in [0, 0.05) is 31.0 Å². The average molecular weight is 340 g/mol. The SMILES string of the molecule is Cc1ccc(-c2nc(CCNC(=O)c3cc(C)nn3C)cs2)cc1. The van der Waals surface area contributed by atoms with Crippen molar-refractivity contribution in [2.24, 2.45) is 7.05 Å². The van der Waals surface area contributed by atoms with Crippen molar-refractivity contribution in [2.45, 2.75) is 20.3 Å². The lowest BCUT2D eigenvalue weighted by atomic mass is 10.2. The van der Waals surface area contributed by atoms with E-state index in [-0.39, 0.29) is 5.91 Å². The van der Waals surface area contributed by atoms with Crippen LogP contribution in [0.4, 0.5) is 0 Å². The molecular formula is C18H20N4OS.